The summed E-state index contributed by atoms with van der Waals surface area (Å²) in [7, 11) is 4.60. The highest BCUT2D eigenvalue weighted by Crippen LogP contribution is 2.41. The van der Waals surface area contributed by atoms with E-state index < -0.39 is 5.25 Å². The maximum Gasteiger partial charge on any atom is 0.277 e. The van der Waals surface area contributed by atoms with E-state index >= 15 is 0 Å². The predicted octanol–water partition coefficient (Wildman–Crippen LogP) is 5.03. The highest BCUT2D eigenvalue weighted by molar-refractivity contribution is 8.00. The zero-order valence-electron chi connectivity index (χ0n) is 18.6. The van der Waals surface area contributed by atoms with Crippen LogP contribution in [0, 0.1) is 0 Å². The second kappa shape index (κ2) is 9.83. The van der Waals surface area contributed by atoms with E-state index in [0.29, 0.717) is 22.8 Å². The number of thioether (sulfide) groups is 1. The zero-order chi connectivity index (χ0) is 23.4. The van der Waals surface area contributed by atoms with Gasteiger partial charge in [-0.05, 0) is 30.5 Å². The van der Waals surface area contributed by atoms with Crippen molar-refractivity contribution >= 4 is 34.1 Å². The van der Waals surface area contributed by atoms with Crippen molar-refractivity contribution in [2.75, 3.05) is 26.6 Å². The molecule has 8 nitrogen and oxygen atoms in total. The van der Waals surface area contributed by atoms with Crippen molar-refractivity contribution in [1.82, 2.24) is 10.2 Å². The van der Waals surface area contributed by atoms with Gasteiger partial charge in [0.1, 0.15) is 0 Å². The second-order valence-electron chi connectivity index (χ2n) is 7.06. The van der Waals surface area contributed by atoms with Crippen LogP contribution in [0.25, 0.3) is 22.2 Å². The zero-order valence-corrected chi connectivity index (χ0v) is 19.4. The Hall–Kier alpha value is -3.72. The van der Waals surface area contributed by atoms with Gasteiger partial charge in [0.2, 0.25) is 17.5 Å². The van der Waals surface area contributed by atoms with Crippen molar-refractivity contribution in [3.8, 4) is 28.7 Å². The van der Waals surface area contributed by atoms with Crippen LogP contribution in [0.2, 0.25) is 0 Å². The van der Waals surface area contributed by atoms with Crippen molar-refractivity contribution in [2.45, 2.75) is 17.4 Å². The lowest BCUT2D eigenvalue weighted by atomic mass is 10.1. The van der Waals surface area contributed by atoms with E-state index in [-0.39, 0.29) is 17.0 Å². The molecule has 0 aliphatic heterocycles. The molecule has 0 saturated heterocycles. The third kappa shape index (κ3) is 4.73. The van der Waals surface area contributed by atoms with E-state index in [2.05, 4.69) is 15.5 Å². The maximum atomic E-state index is 12.8. The van der Waals surface area contributed by atoms with Crippen LogP contribution >= 0.6 is 11.8 Å². The fourth-order valence-electron chi connectivity index (χ4n) is 3.35. The lowest BCUT2D eigenvalue weighted by Gasteiger charge is -2.13. The summed E-state index contributed by atoms with van der Waals surface area (Å²) in [4.78, 5) is 12.8. The quantitative estimate of drug-likeness (QED) is 0.362. The molecule has 9 heteroatoms. The van der Waals surface area contributed by atoms with Gasteiger partial charge in [-0.3, -0.25) is 4.79 Å². The average molecular weight is 466 g/mol. The van der Waals surface area contributed by atoms with Crippen LogP contribution in [-0.4, -0.2) is 42.7 Å². The monoisotopic (exact) mass is 465 g/mol. The summed E-state index contributed by atoms with van der Waals surface area (Å²) in [5, 5.41) is 13.0. The summed E-state index contributed by atoms with van der Waals surface area (Å²) >= 11 is 1.18. The number of aromatic nitrogens is 2. The summed E-state index contributed by atoms with van der Waals surface area (Å²) in [6.07, 6.45) is 0. The third-order valence-corrected chi connectivity index (χ3v) is 5.95. The van der Waals surface area contributed by atoms with Gasteiger partial charge in [-0.15, -0.1) is 10.2 Å². The van der Waals surface area contributed by atoms with Crippen molar-refractivity contribution in [2.24, 2.45) is 0 Å². The lowest BCUT2D eigenvalue weighted by molar-refractivity contribution is -0.115. The molecular weight excluding hydrogens is 442 g/mol. The van der Waals surface area contributed by atoms with Gasteiger partial charge in [-0.1, -0.05) is 48.2 Å². The molecule has 1 unspecified atom stereocenters. The molecule has 4 aromatic rings. The molecule has 1 heterocycles. The van der Waals surface area contributed by atoms with Crippen LogP contribution in [0.3, 0.4) is 0 Å². The molecular formula is C24H23N3O5S. The summed E-state index contributed by atoms with van der Waals surface area (Å²) in [6, 6.07) is 17.1. The van der Waals surface area contributed by atoms with Gasteiger partial charge in [-0.25, -0.2) is 0 Å². The van der Waals surface area contributed by atoms with E-state index in [9.17, 15) is 4.79 Å². The number of hydrogen-bond acceptors (Lipinski definition) is 8. The Labute approximate surface area is 195 Å². The Balaban J connectivity index is 1.50. The Morgan fingerprint density at radius 3 is 2.36 bits per heavy atom. The second-order valence-corrected chi connectivity index (χ2v) is 8.36. The van der Waals surface area contributed by atoms with Crippen LogP contribution in [0.15, 0.2) is 64.2 Å². The van der Waals surface area contributed by atoms with Gasteiger partial charge in [0, 0.05) is 16.6 Å². The van der Waals surface area contributed by atoms with E-state index in [1.807, 2.05) is 42.5 Å². The molecule has 0 fully saturated rings. The standard InChI is InChI=1S/C24H23N3O5S/c1-14(22(28)25-18-11-7-9-15-8-5-6-10-17(15)18)33-24-27-26-23(32-24)16-12-19(29-2)21(31-4)20(13-16)30-3/h5-14H,1-4H3,(H,25,28). The van der Waals surface area contributed by atoms with Crippen molar-refractivity contribution < 1.29 is 23.4 Å². The number of methoxy groups -OCH3 is 3. The summed E-state index contributed by atoms with van der Waals surface area (Å²) in [5.41, 5.74) is 1.37. The number of carbonyl (C=O) groups excluding carboxylic acids is 1. The molecule has 1 atom stereocenters. The van der Waals surface area contributed by atoms with Gasteiger partial charge >= 0.3 is 0 Å². The minimum atomic E-state index is -0.461. The van der Waals surface area contributed by atoms with Gasteiger partial charge in [-0.2, -0.15) is 0 Å². The SMILES string of the molecule is COc1cc(-c2nnc(SC(C)C(=O)Nc3cccc4ccccc34)o2)cc(OC)c1OC. The minimum Gasteiger partial charge on any atom is -0.493 e. The topological polar surface area (TPSA) is 95.7 Å². The molecule has 170 valence electrons. The Bertz CT molecular complexity index is 1260. The number of rotatable bonds is 8. The molecule has 0 spiro atoms. The van der Waals surface area contributed by atoms with Crippen LogP contribution in [0.5, 0.6) is 17.2 Å². The summed E-state index contributed by atoms with van der Waals surface area (Å²) in [5.74, 6) is 1.53. The van der Waals surface area contributed by atoms with E-state index in [0.717, 1.165) is 16.5 Å². The number of nitrogens with one attached hydrogen (secondary N) is 1. The Kier molecular flexibility index (Phi) is 6.69. The molecule has 0 radical (unpaired) electrons. The van der Waals surface area contributed by atoms with Crippen LogP contribution in [0.1, 0.15) is 6.92 Å². The van der Waals surface area contributed by atoms with Gasteiger partial charge in [0.15, 0.2) is 11.5 Å². The molecule has 1 amide bonds. The Morgan fingerprint density at radius 1 is 0.970 bits per heavy atom. The molecule has 3 aromatic carbocycles. The normalized spacial score (nSPS) is 11.8. The van der Waals surface area contributed by atoms with Gasteiger partial charge in [0.25, 0.3) is 5.22 Å². The highest BCUT2D eigenvalue weighted by Gasteiger charge is 2.21. The molecule has 0 aliphatic rings. The fourth-order valence-corrected chi connectivity index (χ4v) is 4.04. The van der Waals surface area contributed by atoms with Crippen molar-refractivity contribution in [3.05, 3.63) is 54.6 Å². The molecule has 0 saturated carbocycles. The molecule has 33 heavy (non-hydrogen) atoms. The fraction of sp³-hybridized carbons (Fsp3) is 0.208. The van der Waals surface area contributed by atoms with Crippen LogP contribution in [-0.2, 0) is 4.79 Å². The minimum absolute atomic E-state index is 0.163. The van der Waals surface area contributed by atoms with E-state index in [1.54, 1.807) is 19.1 Å². The number of carbonyl (C=O) groups is 1. The first-order chi connectivity index (χ1) is 16.0. The average Bonchev–Trinajstić information content (AvgIpc) is 3.31. The van der Waals surface area contributed by atoms with E-state index in [4.69, 9.17) is 18.6 Å². The first-order valence-electron chi connectivity index (χ1n) is 10.1. The number of amides is 1. The number of nitrogens with zero attached hydrogens (tertiary/aromatic N) is 2. The third-order valence-electron chi connectivity index (χ3n) is 5.01. The van der Waals surface area contributed by atoms with Crippen LogP contribution in [0.4, 0.5) is 5.69 Å². The Morgan fingerprint density at radius 2 is 1.67 bits per heavy atom. The van der Waals surface area contributed by atoms with E-state index in [1.165, 1.54) is 33.1 Å². The largest absolute Gasteiger partial charge is 0.493 e. The number of fused-ring (bicyclic) bond motifs is 1. The summed E-state index contributed by atoms with van der Waals surface area (Å²) < 4.78 is 21.9. The number of hydrogen-bond donors (Lipinski definition) is 1. The molecule has 0 bridgehead atoms. The molecule has 1 aromatic heterocycles. The molecule has 0 aliphatic carbocycles. The smallest absolute Gasteiger partial charge is 0.277 e. The predicted molar refractivity (Wildman–Crippen MR) is 127 cm³/mol. The first-order valence-corrected chi connectivity index (χ1v) is 11.0. The number of anilines is 1. The number of benzene rings is 3. The highest BCUT2D eigenvalue weighted by atomic mass is 32.2. The number of ether oxygens (including phenoxy) is 3. The molecule has 4 rings (SSSR count). The maximum absolute atomic E-state index is 12.8. The first kappa shape index (κ1) is 22.5. The van der Waals surface area contributed by atoms with Crippen molar-refractivity contribution in [1.29, 1.82) is 0 Å². The van der Waals surface area contributed by atoms with Crippen molar-refractivity contribution in [3.63, 3.8) is 0 Å². The summed E-state index contributed by atoms with van der Waals surface area (Å²) in [6.45, 7) is 1.79. The van der Waals surface area contributed by atoms with Crippen LogP contribution < -0.4 is 19.5 Å². The molecule has 1 N–H and O–H groups in total. The lowest BCUT2D eigenvalue weighted by Crippen LogP contribution is -2.22. The van der Waals surface area contributed by atoms with Gasteiger partial charge < -0.3 is 23.9 Å². The van der Waals surface area contributed by atoms with Gasteiger partial charge in [0.05, 0.1) is 26.6 Å².